The lowest BCUT2D eigenvalue weighted by Crippen LogP contribution is -2.23. The van der Waals surface area contributed by atoms with Gasteiger partial charge in [-0.1, -0.05) is 18.2 Å². The molecule has 0 aliphatic rings. The molecule has 2 aromatic carbocycles. The number of aromatic nitrogens is 4. The molecule has 0 unspecified atom stereocenters. The number of amides is 1. The van der Waals surface area contributed by atoms with Gasteiger partial charge in [0.05, 0.1) is 30.2 Å². The van der Waals surface area contributed by atoms with Crippen LogP contribution in [-0.2, 0) is 6.54 Å². The highest BCUT2D eigenvalue weighted by Crippen LogP contribution is 2.28. The summed E-state index contributed by atoms with van der Waals surface area (Å²) >= 11 is 1.17. The summed E-state index contributed by atoms with van der Waals surface area (Å²) in [5, 5.41) is 7.91. The maximum atomic E-state index is 12.5. The lowest BCUT2D eigenvalue weighted by atomic mass is 10.1. The normalized spacial score (nSPS) is 10.7. The van der Waals surface area contributed by atoms with Gasteiger partial charge in [-0.15, -0.1) is 0 Å². The number of nitrogens with one attached hydrogen (secondary N) is 2. The highest BCUT2D eigenvalue weighted by molar-refractivity contribution is 7.00. The number of nitrogens with zero attached hydrogens (tertiary/aromatic N) is 5. The Labute approximate surface area is 187 Å². The molecule has 0 spiro atoms. The average molecular weight is 437 g/mol. The van der Waals surface area contributed by atoms with E-state index in [4.69, 9.17) is 6.57 Å². The van der Waals surface area contributed by atoms with Gasteiger partial charge >= 0.3 is 0 Å². The lowest BCUT2D eigenvalue weighted by Gasteiger charge is -2.10. The predicted octanol–water partition coefficient (Wildman–Crippen LogP) is 4.86. The Morgan fingerprint density at radius 1 is 1.00 bits per heavy atom. The fourth-order valence-corrected chi connectivity index (χ4v) is 3.79. The molecule has 9 heteroatoms. The molecule has 0 saturated heterocycles. The first-order valence-electron chi connectivity index (χ1n) is 9.68. The quantitative estimate of drug-likeness (QED) is 0.381. The number of benzene rings is 2. The number of hydrogen-bond acceptors (Lipinski definition) is 7. The van der Waals surface area contributed by atoms with Gasteiger partial charge in [-0.25, -0.2) is 14.8 Å². The van der Waals surface area contributed by atoms with E-state index < -0.39 is 0 Å². The number of rotatable bonds is 5. The van der Waals surface area contributed by atoms with Crippen molar-refractivity contribution in [1.29, 1.82) is 0 Å². The topological polar surface area (TPSA) is 97.1 Å². The summed E-state index contributed by atoms with van der Waals surface area (Å²) in [5.74, 6) is 0.358. The van der Waals surface area contributed by atoms with Crippen molar-refractivity contribution in [2.75, 3.05) is 5.32 Å². The number of carbonyl (C=O) groups is 1. The van der Waals surface area contributed by atoms with E-state index in [1.165, 1.54) is 11.7 Å². The minimum Gasteiger partial charge on any atom is -0.347 e. The highest BCUT2D eigenvalue weighted by atomic mass is 32.1. The van der Waals surface area contributed by atoms with E-state index in [2.05, 4.69) is 34.2 Å². The van der Waals surface area contributed by atoms with Gasteiger partial charge in [-0.05, 0) is 47.3 Å². The van der Waals surface area contributed by atoms with E-state index in [9.17, 15) is 4.79 Å². The zero-order valence-electron chi connectivity index (χ0n) is 16.6. The van der Waals surface area contributed by atoms with Crippen LogP contribution in [-0.4, -0.2) is 24.6 Å². The first-order valence-corrected chi connectivity index (χ1v) is 10.4. The monoisotopic (exact) mass is 437 g/mol. The zero-order valence-corrected chi connectivity index (χ0v) is 17.4. The smallest absolute Gasteiger partial charge is 0.270 e. The van der Waals surface area contributed by atoms with E-state index in [-0.39, 0.29) is 5.91 Å². The van der Waals surface area contributed by atoms with Gasteiger partial charge < -0.3 is 10.6 Å². The molecule has 5 aromatic rings. The Bertz CT molecular complexity index is 1490. The molecule has 0 saturated carbocycles. The van der Waals surface area contributed by atoms with Gasteiger partial charge in [0.15, 0.2) is 5.69 Å². The first-order chi connectivity index (χ1) is 15.7. The second kappa shape index (κ2) is 8.37. The van der Waals surface area contributed by atoms with Crippen LogP contribution in [0.4, 0.5) is 17.2 Å². The number of fused-ring (bicyclic) bond motifs is 2. The van der Waals surface area contributed by atoms with Crippen LogP contribution in [0.2, 0.25) is 0 Å². The van der Waals surface area contributed by atoms with E-state index in [1.54, 1.807) is 36.7 Å². The van der Waals surface area contributed by atoms with Crippen molar-refractivity contribution in [2.24, 2.45) is 0 Å². The largest absolute Gasteiger partial charge is 0.347 e. The van der Waals surface area contributed by atoms with Crippen LogP contribution in [0.25, 0.3) is 26.7 Å². The Hall–Kier alpha value is -4.42. The van der Waals surface area contributed by atoms with E-state index in [1.807, 2.05) is 30.3 Å². The zero-order chi connectivity index (χ0) is 21.9. The second-order valence-electron chi connectivity index (χ2n) is 7.00. The molecule has 3 aromatic heterocycles. The van der Waals surface area contributed by atoms with Crippen molar-refractivity contribution >= 4 is 56.6 Å². The molecule has 2 N–H and O–H groups in total. The summed E-state index contributed by atoms with van der Waals surface area (Å²) in [6.07, 6.45) is 3.29. The molecule has 154 valence electrons. The van der Waals surface area contributed by atoms with Crippen molar-refractivity contribution in [3.05, 3.63) is 89.7 Å². The molecule has 0 aliphatic heterocycles. The second-order valence-corrected chi connectivity index (χ2v) is 7.53. The molecular weight excluding hydrogens is 422 g/mol. The van der Waals surface area contributed by atoms with Gasteiger partial charge in [0, 0.05) is 18.1 Å². The molecule has 0 atom stereocenters. The molecule has 5 rings (SSSR count). The summed E-state index contributed by atoms with van der Waals surface area (Å²) in [6.45, 7) is 7.59. The summed E-state index contributed by atoms with van der Waals surface area (Å²) < 4.78 is 8.39. The van der Waals surface area contributed by atoms with Gasteiger partial charge in [-0.3, -0.25) is 4.79 Å². The predicted molar refractivity (Wildman–Crippen MR) is 124 cm³/mol. The fourth-order valence-electron chi connectivity index (χ4n) is 3.27. The Morgan fingerprint density at radius 2 is 1.91 bits per heavy atom. The number of hydrogen-bond donors (Lipinski definition) is 2. The van der Waals surface area contributed by atoms with Crippen LogP contribution < -0.4 is 10.6 Å². The standard InChI is InChI=1S/C23H15N7OS/c1-24-16-4-3-15-8-9-25-22(18(15)11-16)28-17-5-7-20(26-13-17)23(31)27-12-14-2-6-19-21(10-14)30-32-29-19/h2-11,13H,12H2,(H,25,28)(H,27,31). The number of pyridine rings is 2. The van der Waals surface area contributed by atoms with Gasteiger partial charge in [0.2, 0.25) is 0 Å². The van der Waals surface area contributed by atoms with Gasteiger partial charge in [-0.2, -0.15) is 8.75 Å². The fraction of sp³-hybridized carbons (Fsp3) is 0.0435. The van der Waals surface area contributed by atoms with E-state index in [0.29, 0.717) is 29.4 Å². The van der Waals surface area contributed by atoms with Crippen LogP contribution in [0.15, 0.2) is 67.0 Å². The van der Waals surface area contributed by atoms with Crippen molar-refractivity contribution in [3.8, 4) is 0 Å². The highest BCUT2D eigenvalue weighted by Gasteiger charge is 2.09. The SMILES string of the molecule is [C-]#[N+]c1ccc2ccnc(Nc3ccc(C(=O)NCc4ccc5nsnc5c4)nc3)c2c1. The van der Waals surface area contributed by atoms with E-state index >= 15 is 0 Å². The molecule has 32 heavy (non-hydrogen) atoms. The maximum absolute atomic E-state index is 12.5. The molecule has 0 fully saturated rings. The number of carbonyl (C=O) groups excluding carboxylic acids is 1. The van der Waals surface area contributed by atoms with Crippen LogP contribution in [0, 0.1) is 6.57 Å². The third kappa shape index (κ3) is 3.95. The van der Waals surface area contributed by atoms with Crippen LogP contribution in [0.3, 0.4) is 0 Å². The van der Waals surface area contributed by atoms with E-state index in [0.717, 1.165) is 27.4 Å². The average Bonchev–Trinajstić information content (AvgIpc) is 3.31. The molecule has 0 aliphatic carbocycles. The summed E-state index contributed by atoms with van der Waals surface area (Å²) in [4.78, 5) is 24.6. The van der Waals surface area contributed by atoms with Crippen molar-refractivity contribution in [1.82, 2.24) is 24.0 Å². The Morgan fingerprint density at radius 3 is 2.75 bits per heavy atom. The maximum Gasteiger partial charge on any atom is 0.270 e. The molecule has 0 bridgehead atoms. The van der Waals surface area contributed by atoms with Crippen molar-refractivity contribution < 1.29 is 4.79 Å². The Kier molecular flexibility index (Phi) is 5.11. The Balaban J connectivity index is 1.28. The lowest BCUT2D eigenvalue weighted by molar-refractivity contribution is 0.0946. The third-order valence-electron chi connectivity index (χ3n) is 4.91. The molecule has 8 nitrogen and oxygen atoms in total. The molecular formula is C23H15N7OS. The molecule has 0 radical (unpaired) electrons. The van der Waals surface area contributed by atoms with Crippen molar-refractivity contribution in [2.45, 2.75) is 6.54 Å². The third-order valence-corrected chi connectivity index (χ3v) is 5.47. The van der Waals surface area contributed by atoms with Gasteiger partial charge in [0.25, 0.3) is 5.91 Å². The summed E-state index contributed by atoms with van der Waals surface area (Å²) in [6, 6.07) is 16.5. The van der Waals surface area contributed by atoms with Crippen LogP contribution in [0.1, 0.15) is 16.1 Å². The summed E-state index contributed by atoms with van der Waals surface area (Å²) in [5.41, 5.74) is 4.16. The minimum atomic E-state index is -0.266. The number of anilines is 2. The van der Waals surface area contributed by atoms with Crippen molar-refractivity contribution in [3.63, 3.8) is 0 Å². The van der Waals surface area contributed by atoms with Gasteiger partial charge in [0.1, 0.15) is 22.5 Å². The first kappa shape index (κ1) is 19.5. The van der Waals surface area contributed by atoms with Crippen LogP contribution >= 0.6 is 11.7 Å². The molecule has 1 amide bonds. The summed E-state index contributed by atoms with van der Waals surface area (Å²) in [7, 11) is 0. The minimum absolute atomic E-state index is 0.266. The molecule has 3 heterocycles. The van der Waals surface area contributed by atoms with Crippen LogP contribution in [0.5, 0.6) is 0 Å².